The number of ether oxygens (including phenoxy) is 2. The van der Waals surface area contributed by atoms with Crippen LogP contribution in [0.25, 0.3) is 10.2 Å². The summed E-state index contributed by atoms with van der Waals surface area (Å²) in [7, 11) is 0. The number of nitrogens with zero attached hydrogens (tertiary/aromatic N) is 3. The van der Waals surface area contributed by atoms with Crippen molar-refractivity contribution in [2.45, 2.75) is 43.8 Å². The number of hydrogen-bond acceptors (Lipinski definition) is 8. The van der Waals surface area contributed by atoms with Crippen LogP contribution in [0, 0.1) is 5.82 Å². The third-order valence-corrected chi connectivity index (χ3v) is 9.01. The molecular formula is C26H29FN4O2S2. The van der Waals surface area contributed by atoms with Gasteiger partial charge in [0, 0.05) is 36.8 Å². The van der Waals surface area contributed by atoms with Crippen LogP contribution in [0.3, 0.4) is 0 Å². The first-order chi connectivity index (χ1) is 17.2. The lowest BCUT2D eigenvalue weighted by molar-refractivity contribution is -0.164. The minimum Gasteiger partial charge on any atom is -0.353 e. The van der Waals surface area contributed by atoms with Gasteiger partial charge in [0.25, 0.3) is 0 Å². The van der Waals surface area contributed by atoms with E-state index < -0.39 is 0 Å². The maximum absolute atomic E-state index is 14.7. The Morgan fingerprint density at radius 2 is 2.26 bits per heavy atom. The maximum atomic E-state index is 14.7. The zero-order valence-electron chi connectivity index (χ0n) is 19.7. The molecule has 0 amide bonds. The molecule has 1 saturated heterocycles. The Bertz CT molecular complexity index is 1220. The number of nitrogens with one attached hydrogen (secondary N) is 1. The predicted octanol–water partition coefficient (Wildman–Crippen LogP) is 5.65. The second kappa shape index (κ2) is 10.1. The lowest BCUT2D eigenvalue weighted by Gasteiger charge is -2.27. The van der Waals surface area contributed by atoms with Crippen LogP contribution in [0.2, 0.25) is 0 Å². The van der Waals surface area contributed by atoms with Gasteiger partial charge >= 0.3 is 0 Å². The number of halogens is 1. The third-order valence-electron chi connectivity index (χ3n) is 6.96. The number of hydrogen-bond donors (Lipinski definition) is 1. The van der Waals surface area contributed by atoms with E-state index in [0.29, 0.717) is 18.3 Å². The van der Waals surface area contributed by atoms with Gasteiger partial charge in [0.1, 0.15) is 5.82 Å². The second-order valence-electron chi connectivity index (χ2n) is 9.14. The van der Waals surface area contributed by atoms with E-state index in [1.165, 1.54) is 28.2 Å². The Kier molecular flexibility index (Phi) is 6.68. The minimum absolute atomic E-state index is 0.0358. The van der Waals surface area contributed by atoms with E-state index in [-0.39, 0.29) is 17.4 Å². The first-order valence-corrected chi connectivity index (χ1v) is 13.9. The van der Waals surface area contributed by atoms with Crippen molar-refractivity contribution >= 4 is 39.0 Å². The van der Waals surface area contributed by atoms with Crippen molar-refractivity contribution in [1.82, 2.24) is 14.9 Å². The summed E-state index contributed by atoms with van der Waals surface area (Å²) in [4.78, 5) is 7.97. The van der Waals surface area contributed by atoms with Crippen LogP contribution in [-0.2, 0) is 9.47 Å². The van der Waals surface area contributed by atoms with Gasteiger partial charge in [0.05, 0.1) is 39.0 Å². The van der Waals surface area contributed by atoms with Gasteiger partial charge in [-0.15, -0.1) is 23.1 Å². The van der Waals surface area contributed by atoms with Crippen molar-refractivity contribution in [1.29, 1.82) is 0 Å². The zero-order chi connectivity index (χ0) is 23.8. The molecule has 0 bridgehead atoms. The molecule has 0 saturated carbocycles. The summed E-state index contributed by atoms with van der Waals surface area (Å²) >= 11 is 3.30. The second-order valence-corrected chi connectivity index (χ2v) is 11.2. The van der Waals surface area contributed by atoms with Crippen LogP contribution >= 0.6 is 23.1 Å². The van der Waals surface area contributed by atoms with Gasteiger partial charge in [-0.25, -0.2) is 9.37 Å². The monoisotopic (exact) mass is 512 g/mol. The quantitative estimate of drug-likeness (QED) is 0.481. The summed E-state index contributed by atoms with van der Waals surface area (Å²) in [5.41, 5.74) is 8.69. The number of fused-ring (bicyclic) bond motifs is 2. The number of rotatable bonds is 7. The molecule has 184 valence electrons. The fourth-order valence-corrected chi connectivity index (χ4v) is 7.01. The molecule has 0 spiro atoms. The van der Waals surface area contributed by atoms with Crippen LogP contribution < -0.4 is 5.43 Å². The Hall–Kier alpha value is -2.17. The van der Waals surface area contributed by atoms with Gasteiger partial charge in [-0.1, -0.05) is 6.08 Å². The number of thioether (sulfide) groups is 1. The Morgan fingerprint density at radius 3 is 3.14 bits per heavy atom. The molecule has 3 unspecified atom stereocenters. The van der Waals surface area contributed by atoms with Crippen molar-refractivity contribution in [3.63, 3.8) is 0 Å². The van der Waals surface area contributed by atoms with Gasteiger partial charge in [-0.05, 0) is 62.1 Å². The van der Waals surface area contributed by atoms with Crippen LogP contribution in [0.5, 0.6) is 0 Å². The molecule has 5 heterocycles. The molecule has 4 aliphatic heterocycles. The summed E-state index contributed by atoms with van der Waals surface area (Å²) in [6, 6.07) is 3.66. The van der Waals surface area contributed by atoms with Gasteiger partial charge in [-0.3, -0.25) is 15.3 Å². The van der Waals surface area contributed by atoms with Crippen molar-refractivity contribution in [2.75, 3.05) is 31.7 Å². The molecule has 1 aromatic carbocycles. The van der Waals surface area contributed by atoms with Crippen LogP contribution in [0.15, 0.2) is 64.3 Å². The maximum Gasteiger partial charge on any atom is 0.157 e. The lowest BCUT2D eigenvalue weighted by atomic mass is 10.1. The molecular weight excluding hydrogens is 483 g/mol. The van der Waals surface area contributed by atoms with Gasteiger partial charge < -0.3 is 9.47 Å². The number of thiazole rings is 1. The fraction of sp³-hybridized carbons (Fsp3) is 0.423. The number of allylic oxidation sites excluding steroid dienone is 2. The summed E-state index contributed by atoms with van der Waals surface area (Å²) in [6.07, 6.45) is 14.0. The molecule has 6 nitrogen and oxygen atoms in total. The SMILES string of the molecule is CC1C(C2C=C3C(=CC=CN3Nc3cc4ncsc4cc3F)S2)=CCN1CCOC1CCCCO1. The van der Waals surface area contributed by atoms with E-state index in [9.17, 15) is 4.39 Å². The molecule has 4 aliphatic rings. The lowest BCUT2D eigenvalue weighted by Crippen LogP contribution is -2.35. The fourth-order valence-electron chi connectivity index (χ4n) is 4.98. The molecule has 0 aliphatic carbocycles. The number of hydrazine groups is 1. The van der Waals surface area contributed by atoms with Crippen molar-refractivity contribution in [3.05, 3.63) is 70.1 Å². The van der Waals surface area contributed by atoms with Crippen LogP contribution in [0.1, 0.15) is 26.2 Å². The smallest absolute Gasteiger partial charge is 0.157 e. The first-order valence-electron chi connectivity index (χ1n) is 12.2. The topological polar surface area (TPSA) is 49.9 Å². The van der Waals surface area contributed by atoms with E-state index in [1.807, 2.05) is 29.0 Å². The number of benzene rings is 1. The van der Waals surface area contributed by atoms with Crippen LogP contribution in [0.4, 0.5) is 10.1 Å². The largest absolute Gasteiger partial charge is 0.353 e. The van der Waals surface area contributed by atoms with Crippen molar-refractivity contribution in [2.24, 2.45) is 0 Å². The summed E-state index contributed by atoms with van der Waals surface area (Å²) < 4.78 is 27.2. The highest BCUT2D eigenvalue weighted by atomic mass is 32.2. The third kappa shape index (κ3) is 4.80. The van der Waals surface area contributed by atoms with Gasteiger partial charge in [0.15, 0.2) is 6.29 Å². The number of aromatic nitrogens is 1. The normalized spacial score (nSPS) is 26.6. The number of anilines is 1. The average molecular weight is 513 g/mol. The molecule has 1 N–H and O–H groups in total. The Morgan fingerprint density at radius 1 is 1.31 bits per heavy atom. The Balaban J connectivity index is 1.10. The van der Waals surface area contributed by atoms with Crippen LogP contribution in [-0.4, -0.2) is 58.8 Å². The van der Waals surface area contributed by atoms with Gasteiger partial charge in [-0.2, -0.15) is 0 Å². The summed E-state index contributed by atoms with van der Waals surface area (Å²) in [5.74, 6) is -0.280. The molecule has 35 heavy (non-hydrogen) atoms. The zero-order valence-corrected chi connectivity index (χ0v) is 21.3. The van der Waals surface area contributed by atoms with E-state index in [4.69, 9.17) is 9.47 Å². The van der Waals surface area contributed by atoms with E-state index in [1.54, 1.807) is 17.6 Å². The standard InChI is InChI=1S/C26H29FN4O2S2/c1-17-18(7-9-30(17)10-12-33-26-6-2-3-11-32-26)24-15-22-23(35-24)5-4-8-31(22)29-20-14-21-25(13-19(20)27)34-16-28-21/h4-5,7-8,13-17,24,26,29H,2-3,6,9-12H2,1H3. The molecule has 0 radical (unpaired) electrons. The van der Waals surface area contributed by atoms with E-state index in [2.05, 4.69) is 40.5 Å². The highest BCUT2D eigenvalue weighted by Gasteiger charge is 2.34. The average Bonchev–Trinajstić information content (AvgIpc) is 3.59. The first kappa shape index (κ1) is 23.2. The molecule has 1 fully saturated rings. The predicted molar refractivity (Wildman–Crippen MR) is 140 cm³/mol. The van der Waals surface area contributed by atoms with E-state index >= 15 is 0 Å². The minimum atomic E-state index is -0.280. The van der Waals surface area contributed by atoms with Crippen molar-refractivity contribution < 1.29 is 13.9 Å². The highest BCUT2D eigenvalue weighted by Crippen LogP contribution is 2.45. The summed E-state index contributed by atoms with van der Waals surface area (Å²) in [5, 5.41) is 2.17. The molecule has 3 atom stereocenters. The summed E-state index contributed by atoms with van der Waals surface area (Å²) in [6.45, 7) is 5.61. The molecule has 6 rings (SSSR count). The van der Waals surface area contributed by atoms with E-state index in [0.717, 1.165) is 48.5 Å². The molecule has 9 heteroatoms. The van der Waals surface area contributed by atoms with Crippen molar-refractivity contribution in [3.8, 4) is 0 Å². The van der Waals surface area contributed by atoms with Gasteiger partial charge in [0.2, 0.25) is 0 Å². The highest BCUT2D eigenvalue weighted by molar-refractivity contribution is 8.04. The molecule has 1 aromatic heterocycles. The molecule has 2 aromatic rings. The Labute approximate surface area is 213 Å².